The molecule has 1 aromatic heterocycles. The van der Waals surface area contributed by atoms with Gasteiger partial charge in [0.15, 0.2) is 0 Å². The molecule has 3 N–H and O–H groups in total. The summed E-state index contributed by atoms with van der Waals surface area (Å²) < 4.78 is 5.61. The third kappa shape index (κ3) is 4.41. The van der Waals surface area contributed by atoms with E-state index in [0.29, 0.717) is 18.7 Å². The van der Waals surface area contributed by atoms with Crippen LogP contribution in [-0.4, -0.2) is 30.6 Å². The van der Waals surface area contributed by atoms with E-state index in [0.717, 1.165) is 10.3 Å². The third-order valence-electron chi connectivity index (χ3n) is 2.28. The number of pyridine rings is 1. The predicted molar refractivity (Wildman–Crippen MR) is 69.8 cm³/mol. The molecule has 0 saturated carbocycles. The first kappa shape index (κ1) is 14.1. The highest BCUT2D eigenvalue weighted by atomic mass is 79.9. The van der Waals surface area contributed by atoms with Gasteiger partial charge in [-0.15, -0.1) is 0 Å². The van der Waals surface area contributed by atoms with Crippen molar-refractivity contribution in [2.24, 2.45) is 5.73 Å². The van der Waals surface area contributed by atoms with Gasteiger partial charge in [0.05, 0.1) is 17.4 Å². The van der Waals surface area contributed by atoms with Crippen molar-refractivity contribution in [1.82, 2.24) is 4.98 Å². The smallest absolute Gasteiger partial charge is 0.241 e. The summed E-state index contributed by atoms with van der Waals surface area (Å²) in [6.07, 6.45) is 0.491. The van der Waals surface area contributed by atoms with E-state index >= 15 is 0 Å². The molecule has 0 saturated heterocycles. The Morgan fingerprint density at radius 1 is 1.65 bits per heavy atom. The van der Waals surface area contributed by atoms with E-state index in [4.69, 9.17) is 10.5 Å². The average Bonchev–Trinajstić information content (AvgIpc) is 2.29. The van der Waals surface area contributed by atoms with E-state index < -0.39 is 6.04 Å². The molecule has 1 heterocycles. The van der Waals surface area contributed by atoms with Crippen LogP contribution in [0.1, 0.15) is 12.1 Å². The Balaban J connectivity index is 2.61. The van der Waals surface area contributed by atoms with E-state index in [9.17, 15) is 4.79 Å². The molecule has 1 unspecified atom stereocenters. The quantitative estimate of drug-likeness (QED) is 0.807. The predicted octanol–water partition coefficient (Wildman–Crippen LogP) is 1.45. The number of carbonyl (C=O) groups is 1. The minimum absolute atomic E-state index is 0.228. The maximum Gasteiger partial charge on any atom is 0.241 e. The van der Waals surface area contributed by atoms with Crippen LogP contribution in [0.2, 0.25) is 0 Å². The zero-order valence-corrected chi connectivity index (χ0v) is 11.5. The normalized spacial score (nSPS) is 12.2. The Hall–Kier alpha value is -0.980. The summed E-state index contributed by atoms with van der Waals surface area (Å²) >= 11 is 3.26. The number of anilines is 1. The minimum Gasteiger partial charge on any atom is -0.385 e. The highest BCUT2D eigenvalue weighted by Crippen LogP contribution is 2.16. The molecule has 1 amide bonds. The summed E-state index contributed by atoms with van der Waals surface area (Å²) in [6, 6.07) is 2.98. The topological polar surface area (TPSA) is 77.2 Å². The van der Waals surface area contributed by atoms with Gasteiger partial charge >= 0.3 is 0 Å². The zero-order valence-electron chi connectivity index (χ0n) is 9.87. The number of aromatic nitrogens is 1. The van der Waals surface area contributed by atoms with Crippen LogP contribution >= 0.6 is 15.9 Å². The van der Waals surface area contributed by atoms with Crippen LogP contribution < -0.4 is 11.1 Å². The number of methoxy groups -OCH3 is 1. The first-order valence-electron chi connectivity index (χ1n) is 5.23. The lowest BCUT2D eigenvalue weighted by atomic mass is 10.2. The zero-order chi connectivity index (χ0) is 12.8. The van der Waals surface area contributed by atoms with Crippen LogP contribution in [0.3, 0.4) is 0 Å². The molecule has 0 bridgehead atoms. The van der Waals surface area contributed by atoms with Crippen molar-refractivity contribution < 1.29 is 9.53 Å². The second-order valence-corrected chi connectivity index (χ2v) is 4.46. The molecule has 0 radical (unpaired) electrons. The fraction of sp³-hybridized carbons (Fsp3) is 0.455. The number of hydrogen-bond donors (Lipinski definition) is 2. The Labute approximate surface area is 109 Å². The van der Waals surface area contributed by atoms with Gasteiger partial charge in [-0.3, -0.25) is 4.79 Å². The number of amides is 1. The molecule has 6 heteroatoms. The molecule has 5 nitrogen and oxygen atoms in total. The van der Waals surface area contributed by atoms with E-state index in [1.165, 1.54) is 0 Å². The van der Waals surface area contributed by atoms with Crippen LogP contribution in [0.25, 0.3) is 0 Å². The van der Waals surface area contributed by atoms with Crippen LogP contribution in [0.5, 0.6) is 0 Å². The van der Waals surface area contributed by atoms with Crippen molar-refractivity contribution in [3.63, 3.8) is 0 Å². The summed E-state index contributed by atoms with van der Waals surface area (Å²) in [5.41, 5.74) is 7.12. The largest absolute Gasteiger partial charge is 0.385 e. The molecule has 0 aliphatic rings. The number of halogens is 1. The van der Waals surface area contributed by atoms with E-state index in [-0.39, 0.29) is 5.91 Å². The summed E-state index contributed by atoms with van der Waals surface area (Å²) in [7, 11) is 1.58. The maximum atomic E-state index is 11.7. The second-order valence-electron chi connectivity index (χ2n) is 3.64. The average molecular weight is 302 g/mol. The van der Waals surface area contributed by atoms with Gasteiger partial charge in [-0.1, -0.05) is 0 Å². The van der Waals surface area contributed by atoms with Crippen molar-refractivity contribution in [1.29, 1.82) is 0 Å². The number of rotatable bonds is 5. The van der Waals surface area contributed by atoms with Gasteiger partial charge in [-0.25, -0.2) is 4.98 Å². The Bertz CT molecular complexity index is 398. The van der Waals surface area contributed by atoms with Crippen molar-refractivity contribution in [3.05, 3.63) is 22.4 Å². The SMILES string of the molecule is COCCC(N)C(=O)Nc1ccc(Br)nc1C. The lowest BCUT2D eigenvalue weighted by molar-refractivity contribution is -0.117. The standard InChI is InChI=1S/C11H16BrN3O2/c1-7-9(3-4-10(12)14-7)15-11(16)8(13)5-6-17-2/h3-4,8H,5-6,13H2,1-2H3,(H,15,16). The van der Waals surface area contributed by atoms with Gasteiger partial charge in [0.25, 0.3) is 0 Å². The molecule has 0 fully saturated rings. The first-order chi connectivity index (χ1) is 8.04. The van der Waals surface area contributed by atoms with Crippen LogP contribution in [0, 0.1) is 6.92 Å². The van der Waals surface area contributed by atoms with Crippen LogP contribution in [0.4, 0.5) is 5.69 Å². The second kappa shape index (κ2) is 6.68. The Morgan fingerprint density at radius 3 is 2.94 bits per heavy atom. The monoisotopic (exact) mass is 301 g/mol. The number of aryl methyl sites for hydroxylation is 1. The summed E-state index contributed by atoms with van der Waals surface area (Å²) in [6.45, 7) is 2.28. The highest BCUT2D eigenvalue weighted by molar-refractivity contribution is 9.10. The molecule has 1 aromatic rings. The molecular weight excluding hydrogens is 286 g/mol. The number of ether oxygens (including phenoxy) is 1. The Kier molecular flexibility index (Phi) is 5.54. The minimum atomic E-state index is -0.571. The van der Waals surface area contributed by atoms with Crippen molar-refractivity contribution in [3.8, 4) is 0 Å². The number of nitrogens with one attached hydrogen (secondary N) is 1. The molecule has 0 aliphatic carbocycles. The fourth-order valence-corrected chi connectivity index (χ4v) is 1.66. The highest BCUT2D eigenvalue weighted by Gasteiger charge is 2.14. The molecule has 0 aromatic carbocycles. The number of hydrogen-bond acceptors (Lipinski definition) is 4. The van der Waals surface area contributed by atoms with Crippen molar-refractivity contribution >= 4 is 27.5 Å². The number of carbonyl (C=O) groups excluding carboxylic acids is 1. The van der Waals surface area contributed by atoms with E-state index in [1.807, 2.05) is 6.92 Å². The van der Waals surface area contributed by atoms with E-state index in [1.54, 1.807) is 19.2 Å². The van der Waals surface area contributed by atoms with Crippen LogP contribution in [-0.2, 0) is 9.53 Å². The number of nitrogens with zero attached hydrogens (tertiary/aromatic N) is 1. The van der Waals surface area contributed by atoms with Gasteiger partial charge in [0, 0.05) is 13.7 Å². The molecule has 1 rings (SSSR count). The van der Waals surface area contributed by atoms with Gasteiger partial charge in [-0.05, 0) is 41.4 Å². The molecule has 1 atom stereocenters. The lowest BCUT2D eigenvalue weighted by Crippen LogP contribution is -2.36. The molecule has 0 aliphatic heterocycles. The number of nitrogens with two attached hydrogens (primary N) is 1. The molecular formula is C11H16BrN3O2. The maximum absolute atomic E-state index is 11.7. The lowest BCUT2D eigenvalue weighted by Gasteiger charge is -2.13. The molecule has 17 heavy (non-hydrogen) atoms. The summed E-state index contributed by atoms with van der Waals surface area (Å²) in [5, 5.41) is 2.74. The van der Waals surface area contributed by atoms with Gasteiger partial charge in [0.2, 0.25) is 5.91 Å². The molecule has 0 spiro atoms. The third-order valence-corrected chi connectivity index (χ3v) is 2.72. The van der Waals surface area contributed by atoms with Crippen molar-refractivity contribution in [2.45, 2.75) is 19.4 Å². The van der Waals surface area contributed by atoms with Gasteiger partial charge < -0.3 is 15.8 Å². The Morgan fingerprint density at radius 2 is 2.35 bits per heavy atom. The summed E-state index contributed by atoms with van der Waals surface area (Å²) in [5.74, 6) is -0.228. The van der Waals surface area contributed by atoms with Crippen LogP contribution in [0.15, 0.2) is 16.7 Å². The molecule has 94 valence electrons. The van der Waals surface area contributed by atoms with Gasteiger partial charge in [0.1, 0.15) is 4.60 Å². The van der Waals surface area contributed by atoms with Gasteiger partial charge in [-0.2, -0.15) is 0 Å². The van der Waals surface area contributed by atoms with E-state index in [2.05, 4.69) is 26.2 Å². The fourth-order valence-electron chi connectivity index (χ4n) is 1.26. The van der Waals surface area contributed by atoms with Crippen molar-refractivity contribution in [2.75, 3.05) is 19.0 Å². The first-order valence-corrected chi connectivity index (χ1v) is 6.02. The summed E-state index contributed by atoms with van der Waals surface area (Å²) in [4.78, 5) is 15.9.